The molecule has 0 unspecified atom stereocenters. The monoisotopic (exact) mass is 453 g/mol. The predicted molar refractivity (Wildman–Crippen MR) is 129 cm³/mol. The first-order valence-corrected chi connectivity index (χ1v) is 11.3. The number of rotatable bonds is 3. The summed E-state index contributed by atoms with van der Waals surface area (Å²) in [6.07, 6.45) is 6.65. The third-order valence-electron chi connectivity index (χ3n) is 6.07. The van der Waals surface area contributed by atoms with Crippen molar-refractivity contribution in [3.8, 4) is 0 Å². The standard InChI is InChI=1S/C25H32BNO6/c1-15-10-11-20(29)23-21(32-25(4,5)33-23)9-7-8-18-13-19(27(6)26-14-28)12-16(2)22(18)24(30)31-17(15)3/h7-8,10-15,17,21,23,26H,9H2,1-6H3/b8-7+,11-10-/t15-,17+,21+,23-/m1/s1. The molecule has 1 saturated heterocycles. The number of ether oxygens (including phenoxy) is 3. The summed E-state index contributed by atoms with van der Waals surface area (Å²) in [6, 6.07) is 3.74. The van der Waals surface area contributed by atoms with Crippen LogP contribution in [-0.2, 0) is 23.8 Å². The van der Waals surface area contributed by atoms with Crippen LogP contribution in [0.2, 0.25) is 0 Å². The third-order valence-corrected chi connectivity index (χ3v) is 6.07. The van der Waals surface area contributed by atoms with Gasteiger partial charge >= 0.3 is 13.4 Å². The molecule has 2 aliphatic rings. The van der Waals surface area contributed by atoms with E-state index < -0.39 is 30.1 Å². The molecule has 8 heteroatoms. The second-order valence-corrected chi connectivity index (χ2v) is 9.24. The number of fused-ring (bicyclic) bond motifs is 2. The van der Waals surface area contributed by atoms with Gasteiger partial charge in [-0.2, -0.15) is 0 Å². The highest BCUT2D eigenvalue weighted by molar-refractivity contribution is 6.70. The van der Waals surface area contributed by atoms with Gasteiger partial charge in [-0.05, 0) is 70.5 Å². The van der Waals surface area contributed by atoms with E-state index in [1.807, 2.05) is 50.0 Å². The molecule has 0 N–H and O–H groups in total. The average molecular weight is 453 g/mol. The van der Waals surface area contributed by atoms with Crippen molar-refractivity contribution in [3.05, 3.63) is 47.1 Å². The van der Waals surface area contributed by atoms with Gasteiger partial charge in [-0.3, -0.25) is 4.79 Å². The van der Waals surface area contributed by atoms with Crippen molar-refractivity contribution in [1.82, 2.24) is 0 Å². The Morgan fingerprint density at radius 1 is 1.15 bits per heavy atom. The quantitative estimate of drug-likeness (QED) is 0.395. The molecule has 0 aliphatic carbocycles. The molecule has 3 rings (SSSR count). The predicted octanol–water partition coefficient (Wildman–Crippen LogP) is 3.22. The molecule has 0 spiro atoms. The Labute approximate surface area is 196 Å². The Morgan fingerprint density at radius 3 is 2.58 bits per heavy atom. The largest absolute Gasteiger partial charge is 0.458 e. The van der Waals surface area contributed by atoms with Crippen LogP contribution in [0.5, 0.6) is 0 Å². The number of aryl methyl sites for hydroxylation is 1. The first-order valence-electron chi connectivity index (χ1n) is 11.3. The van der Waals surface area contributed by atoms with Gasteiger partial charge in [0.15, 0.2) is 11.6 Å². The number of hydrogen-bond donors (Lipinski definition) is 0. The van der Waals surface area contributed by atoms with Crippen molar-refractivity contribution in [2.45, 2.75) is 65.1 Å². The molecule has 0 amide bonds. The number of ketones is 1. The highest BCUT2D eigenvalue weighted by atomic mass is 16.8. The lowest BCUT2D eigenvalue weighted by Gasteiger charge is -2.22. The molecule has 4 atom stereocenters. The zero-order valence-electron chi connectivity index (χ0n) is 20.2. The summed E-state index contributed by atoms with van der Waals surface area (Å²) in [6.45, 7) is 9.14. The van der Waals surface area contributed by atoms with Crippen molar-refractivity contribution in [3.63, 3.8) is 0 Å². The molecule has 0 saturated carbocycles. The minimum absolute atomic E-state index is 0.171. The highest BCUT2D eigenvalue weighted by Crippen LogP contribution is 2.32. The van der Waals surface area contributed by atoms with Crippen LogP contribution in [0, 0.1) is 12.8 Å². The van der Waals surface area contributed by atoms with Gasteiger partial charge in [-0.1, -0.05) is 25.2 Å². The number of hydrogen-bond acceptors (Lipinski definition) is 7. The molecule has 176 valence electrons. The molecular weight excluding hydrogens is 421 g/mol. The number of benzene rings is 1. The van der Waals surface area contributed by atoms with Crippen molar-refractivity contribution in [2.24, 2.45) is 5.92 Å². The maximum absolute atomic E-state index is 13.1. The topological polar surface area (TPSA) is 82.1 Å². The molecule has 7 nitrogen and oxygen atoms in total. The Hall–Kier alpha value is -2.71. The van der Waals surface area contributed by atoms with E-state index in [0.717, 1.165) is 17.4 Å². The van der Waals surface area contributed by atoms with Crippen molar-refractivity contribution < 1.29 is 28.6 Å². The number of carbonyl (C=O) groups is 3. The van der Waals surface area contributed by atoms with Gasteiger partial charge < -0.3 is 23.8 Å². The lowest BCUT2D eigenvalue weighted by molar-refractivity contribution is -0.152. The van der Waals surface area contributed by atoms with Crippen LogP contribution < -0.4 is 4.81 Å². The Balaban J connectivity index is 2.06. The van der Waals surface area contributed by atoms with E-state index in [-0.39, 0.29) is 19.1 Å². The molecule has 1 aromatic carbocycles. The van der Waals surface area contributed by atoms with Crippen LogP contribution in [0.1, 0.15) is 55.6 Å². The number of carbonyl (C=O) groups excluding carboxylic acids is 3. The van der Waals surface area contributed by atoms with Gasteiger partial charge in [0, 0.05) is 11.6 Å². The van der Waals surface area contributed by atoms with Gasteiger partial charge in [0.1, 0.15) is 18.4 Å². The van der Waals surface area contributed by atoms with Gasteiger partial charge in [0.25, 0.3) is 0 Å². The number of nitrogens with zero attached hydrogens (tertiary/aromatic N) is 1. The molecule has 0 bridgehead atoms. The summed E-state index contributed by atoms with van der Waals surface area (Å²) in [5, 5.41) is 0. The second kappa shape index (κ2) is 10.1. The SMILES string of the molecule is Cc1cc(N(C)BC=O)cc2c1C(=O)O[C@@H](C)[C@H](C)/C=C\C(=O)[C@H]1OC(C)(C)O[C@H]1C/C=C/2. The molecule has 0 aromatic heterocycles. The van der Waals surface area contributed by atoms with Crippen molar-refractivity contribution in [2.75, 3.05) is 11.9 Å². The van der Waals surface area contributed by atoms with Gasteiger partial charge in [0.2, 0.25) is 0 Å². The van der Waals surface area contributed by atoms with E-state index >= 15 is 0 Å². The van der Waals surface area contributed by atoms with Crippen molar-refractivity contribution in [1.29, 1.82) is 0 Å². The van der Waals surface area contributed by atoms with Crippen LogP contribution in [0.4, 0.5) is 5.69 Å². The second-order valence-electron chi connectivity index (χ2n) is 9.24. The Kier molecular flexibility index (Phi) is 7.60. The zero-order valence-corrected chi connectivity index (χ0v) is 20.2. The van der Waals surface area contributed by atoms with Gasteiger partial charge in [-0.25, -0.2) is 4.79 Å². The fourth-order valence-corrected chi connectivity index (χ4v) is 4.05. The van der Waals surface area contributed by atoms with Crippen LogP contribution in [0.15, 0.2) is 30.4 Å². The summed E-state index contributed by atoms with van der Waals surface area (Å²) < 4.78 is 17.6. The molecule has 2 aliphatic heterocycles. The third kappa shape index (κ3) is 5.81. The molecular formula is C25H32BNO6. The summed E-state index contributed by atoms with van der Waals surface area (Å²) >= 11 is 0. The van der Waals surface area contributed by atoms with E-state index in [4.69, 9.17) is 14.2 Å². The first-order chi connectivity index (χ1) is 15.5. The summed E-state index contributed by atoms with van der Waals surface area (Å²) in [4.78, 5) is 38.8. The van der Waals surface area contributed by atoms with Crippen LogP contribution in [-0.4, -0.2) is 56.5 Å². The summed E-state index contributed by atoms with van der Waals surface area (Å²) in [5.41, 5.74) is 2.73. The Morgan fingerprint density at radius 2 is 1.88 bits per heavy atom. The van der Waals surface area contributed by atoms with E-state index in [2.05, 4.69) is 0 Å². The molecule has 1 aromatic rings. The van der Waals surface area contributed by atoms with E-state index in [0.29, 0.717) is 17.5 Å². The first kappa shape index (κ1) is 24.9. The lowest BCUT2D eigenvalue weighted by Crippen LogP contribution is -2.30. The maximum Gasteiger partial charge on any atom is 0.339 e. The molecule has 0 radical (unpaired) electrons. The normalized spacial score (nSPS) is 29.2. The number of esters is 1. The lowest BCUT2D eigenvalue weighted by atomic mass is 9.92. The fourth-order valence-electron chi connectivity index (χ4n) is 4.05. The van der Waals surface area contributed by atoms with Gasteiger partial charge in [-0.15, -0.1) is 0 Å². The van der Waals surface area contributed by atoms with E-state index in [9.17, 15) is 14.4 Å². The van der Waals surface area contributed by atoms with E-state index in [1.165, 1.54) is 6.08 Å². The summed E-state index contributed by atoms with van der Waals surface area (Å²) in [7, 11) is 2.05. The smallest absolute Gasteiger partial charge is 0.339 e. The van der Waals surface area contributed by atoms with Gasteiger partial charge in [0.05, 0.1) is 11.7 Å². The number of cyclic esters (lactones) is 1. The minimum Gasteiger partial charge on any atom is -0.458 e. The van der Waals surface area contributed by atoms with Crippen LogP contribution in [0.3, 0.4) is 0 Å². The average Bonchev–Trinajstić information content (AvgIpc) is 3.05. The van der Waals surface area contributed by atoms with Crippen LogP contribution >= 0.6 is 0 Å². The molecule has 1 fully saturated rings. The maximum atomic E-state index is 13.1. The Bertz CT molecular complexity index is 985. The fraction of sp³-hybridized carbons (Fsp3) is 0.480. The summed E-state index contributed by atoms with van der Waals surface area (Å²) in [5.74, 6) is -1.63. The number of anilines is 1. The van der Waals surface area contributed by atoms with E-state index in [1.54, 1.807) is 26.8 Å². The highest BCUT2D eigenvalue weighted by Gasteiger charge is 2.43. The zero-order chi connectivity index (χ0) is 24.3. The molecule has 2 heterocycles. The molecule has 33 heavy (non-hydrogen) atoms. The van der Waals surface area contributed by atoms with Crippen molar-refractivity contribution >= 4 is 37.1 Å². The van der Waals surface area contributed by atoms with Crippen LogP contribution in [0.25, 0.3) is 6.08 Å². The minimum atomic E-state index is -0.863.